The molecule has 290 valence electrons. The molecule has 0 bridgehead atoms. The van der Waals surface area contributed by atoms with E-state index in [1.165, 1.54) is 49.0 Å². The number of hydrogen-bond donors (Lipinski definition) is 0. The first-order valence-electron chi connectivity index (χ1n) is 21.2. The van der Waals surface area contributed by atoms with Crippen LogP contribution in [0.15, 0.2) is 241 Å². The predicted octanol–water partition coefficient (Wildman–Crippen LogP) is 17.2. The summed E-state index contributed by atoms with van der Waals surface area (Å²) >= 11 is 0. The molecular weight excluding hydrogens is 751 g/mol. The Morgan fingerprint density at radius 3 is 1.65 bits per heavy atom. The molecule has 2 nitrogen and oxygen atoms in total. The number of nitrogens with zero attached hydrogens (tertiary/aromatic N) is 1. The monoisotopic (exact) mass is 789 g/mol. The van der Waals surface area contributed by atoms with Gasteiger partial charge in [-0.15, -0.1) is 0 Å². The normalized spacial score (nSPS) is 11.5. The van der Waals surface area contributed by atoms with Gasteiger partial charge < -0.3 is 9.32 Å². The van der Waals surface area contributed by atoms with Crippen molar-refractivity contribution in [2.75, 3.05) is 4.90 Å². The molecule has 0 unspecified atom stereocenters. The lowest BCUT2D eigenvalue weighted by atomic mass is 9.91. The molecule has 0 aliphatic carbocycles. The summed E-state index contributed by atoms with van der Waals surface area (Å²) < 4.78 is 6.49. The lowest BCUT2D eigenvalue weighted by Crippen LogP contribution is -2.11. The van der Waals surface area contributed by atoms with Crippen LogP contribution in [0, 0.1) is 0 Å². The third kappa shape index (κ3) is 6.12. The van der Waals surface area contributed by atoms with Crippen molar-refractivity contribution in [3.8, 4) is 44.5 Å². The van der Waals surface area contributed by atoms with Crippen LogP contribution < -0.4 is 4.90 Å². The summed E-state index contributed by atoms with van der Waals surface area (Å²) in [5, 5.41) is 9.72. The second kappa shape index (κ2) is 14.8. The third-order valence-corrected chi connectivity index (χ3v) is 12.5. The standard InChI is InChI=1S/C60H39NO/c1-2-14-42(15-3-1)51-36-31-47(57-38-46-17-6-7-18-50(46)53-19-8-9-20-54(53)57)39-58(51)61(48-32-27-41(28-33-48)45-26-25-40-13-4-5-16-44(40)37-45)49-34-29-43(30-35-49)52-22-12-23-56-55-21-10-11-24-59(55)62-60(52)56/h1-39H. The maximum Gasteiger partial charge on any atom is 0.143 e. The summed E-state index contributed by atoms with van der Waals surface area (Å²) in [6, 6.07) is 85.6. The molecule has 0 spiro atoms. The Hall–Kier alpha value is -8.20. The van der Waals surface area contributed by atoms with Gasteiger partial charge in [0, 0.05) is 33.3 Å². The van der Waals surface area contributed by atoms with Gasteiger partial charge in [-0.1, -0.05) is 188 Å². The molecule has 0 aliphatic heterocycles. The van der Waals surface area contributed by atoms with Gasteiger partial charge in [0.25, 0.3) is 0 Å². The summed E-state index contributed by atoms with van der Waals surface area (Å²) in [6.07, 6.45) is 0. The third-order valence-electron chi connectivity index (χ3n) is 12.5. The van der Waals surface area contributed by atoms with Crippen molar-refractivity contribution in [2.45, 2.75) is 0 Å². The molecule has 0 fully saturated rings. The maximum atomic E-state index is 6.49. The van der Waals surface area contributed by atoms with Crippen molar-refractivity contribution in [3.05, 3.63) is 237 Å². The highest BCUT2D eigenvalue weighted by molar-refractivity contribution is 6.14. The van der Waals surface area contributed by atoms with E-state index < -0.39 is 0 Å². The first kappa shape index (κ1) is 35.7. The molecule has 0 saturated carbocycles. The highest BCUT2D eigenvalue weighted by Crippen LogP contribution is 2.46. The maximum absolute atomic E-state index is 6.49. The molecule has 62 heavy (non-hydrogen) atoms. The van der Waals surface area contributed by atoms with Crippen LogP contribution in [0.2, 0.25) is 0 Å². The average molecular weight is 790 g/mol. The van der Waals surface area contributed by atoms with Crippen LogP contribution in [0.25, 0.3) is 98.8 Å². The minimum atomic E-state index is 0.900. The molecule has 1 aromatic heterocycles. The molecular formula is C60H39NO. The van der Waals surface area contributed by atoms with E-state index >= 15 is 0 Å². The van der Waals surface area contributed by atoms with Gasteiger partial charge in [0.2, 0.25) is 0 Å². The Balaban J connectivity index is 1.06. The van der Waals surface area contributed by atoms with Gasteiger partial charge in [-0.2, -0.15) is 0 Å². The first-order chi connectivity index (χ1) is 30.7. The van der Waals surface area contributed by atoms with Gasteiger partial charge in [0.1, 0.15) is 11.2 Å². The highest BCUT2D eigenvalue weighted by Gasteiger charge is 2.21. The van der Waals surface area contributed by atoms with Crippen molar-refractivity contribution in [3.63, 3.8) is 0 Å². The molecule has 2 heteroatoms. The van der Waals surface area contributed by atoms with Crippen molar-refractivity contribution < 1.29 is 4.42 Å². The summed E-state index contributed by atoms with van der Waals surface area (Å²) in [5.74, 6) is 0. The second-order valence-corrected chi connectivity index (χ2v) is 16.1. The zero-order valence-corrected chi connectivity index (χ0v) is 33.9. The van der Waals surface area contributed by atoms with E-state index in [0.29, 0.717) is 0 Å². The SMILES string of the molecule is c1ccc(-c2ccc(-c3cc4ccccc4c4ccccc34)cc2N(c2ccc(-c3ccc4ccccc4c3)cc2)c2ccc(-c3cccc4c3oc3ccccc34)cc2)cc1. The van der Waals surface area contributed by atoms with E-state index in [0.717, 1.165) is 66.8 Å². The fourth-order valence-electron chi connectivity index (χ4n) is 9.40. The number of benzene rings is 11. The van der Waals surface area contributed by atoms with Gasteiger partial charge in [0.05, 0.1) is 5.69 Å². The highest BCUT2D eigenvalue weighted by atomic mass is 16.3. The summed E-state index contributed by atoms with van der Waals surface area (Å²) in [4.78, 5) is 2.42. The van der Waals surface area contributed by atoms with Crippen molar-refractivity contribution in [1.82, 2.24) is 0 Å². The van der Waals surface area contributed by atoms with E-state index in [-0.39, 0.29) is 0 Å². The van der Waals surface area contributed by atoms with Crippen LogP contribution >= 0.6 is 0 Å². The lowest BCUT2D eigenvalue weighted by molar-refractivity contribution is 0.670. The molecule has 11 aromatic carbocycles. The number of hydrogen-bond acceptors (Lipinski definition) is 2. The van der Waals surface area contributed by atoms with E-state index in [1.807, 2.05) is 12.1 Å². The van der Waals surface area contributed by atoms with Gasteiger partial charge in [-0.25, -0.2) is 0 Å². The van der Waals surface area contributed by atoms with Gasteiger partial charge in [-0.3, -0.25) is 0 Å². The summed E-state index contributed by atoms with van der Waals surface area (Å²) in [5.41, 5.74) is 14.2. The van der Waals surface area contributed by atoms with Gasteiger partial charge >= 0.3 is 0 Å². The van der Waals surface area contributed by atoms with E-state index in [1.54, 1.807) is 0 Å². The molecule has 0 amide bonds. The Bertz CT molecular complexity index is 3620. The van der Waals surface area contributed by atoms with E-state index in [2.05, 4.69) is 229 Å². The number of fused-ring (bicyclic) bond motifs is 7. The zero-order chi connectivity index (χ0) is 41.0. The number of para-hydroxylation sites is 2. The molecule has 0 atom stereocenters. The number of anilines is 3. The molecule has 0 radical (unpaired) electrons. The fourth-order valence-corrected chi connectivity index (χ4v) is 9.40. The molecule has 1 heterocycles. The van der Waals surface area contributed by atoms with Crippen LogP contribution in [0.5, 0.6) is 0 Å². The molecule has 12 rings (SSSR count). The van der Waals surface area contributed by atoms with Crippen LogP contribution in [0.4, 0.5) is 17.1 Å². The van der Waals surface area contributed by atoms with Crippen LogP contribution in [0.1, 0.15) is 0 Å². The van der Waals surface area contributed by atoms with Crippen molar-refractivity contribution in [1.29, 1.82) is 0 Å². The Labute approximate surface area is 360 Å². The van der Waals surface area contributed by atoms with Gasteiger partial charge in [-0.05, 0) is 114 Å². The van der Waals surface area contributed by atoms with Crippen molar-refractivity contribution in [2.24, 2.45) is 0 Å². The Kier molecular flexibility index (Phi) is 8.53. The summed E-state index contributed by atoms with van der Waals surface area (Å²) in [7, 11) is 0. The minimum absolute atomic E-state index is 0.900. The molecule has 12 aromatic rings. The zero-order valence-electron chi connectivity index (χ0n) is 33.9. The van der Waals surface area contributed by atoms with E-state index in [9.17, 15) is 0 Å². The number of furan rings is 1. The Morgan fingerprint density at radius 2 is 0.855 bits per heavy atom. The summed E-state index contributed by atoms with van der Waals surface area (Å²) in [6.45, 7) is 0. The van der Waals surface area contributed by atoms with Gasteiger partial charge in [0.15, 0.2) is 0 Å². The van der Waals surface area contributed by atoms with Crippen LogP contribution in [-0.2, 0) is 0 Å². The predicted molar refractivity (Wildman–Crippen MR) is 263 cm³/mol. The average Bonchev–Trinajstić information content (AvgIpc) is 3.74. The first-order valence-corrected chi connectivity index (χ1v) is 21.2. The minimum Gasteiger partial charge on any atom is -0.455 e. The van der Waals surface area contributed by atoms with Crippen molar-refractivity contribution >= 4 is 71.3 Å². The quantitative estimate of drug-likeness (QED) is 0.150. The fraction of sp³-hybridized carbons (Fsp3) is 0. The smallest absolute Gasteiger partial charge is 0.143 e. The van der Waals surface area contributed by atoms with E-state index in [4.69, 9.17) is 4.42 Å². The topological polar surface area (TPSA) is 16.4 Å². The Morgan fingerprint density at radius 1 is 0.274 bits per heavy atom. The molecule has 0 aliphatic rings. The largest absolute Gasteiger partial charge is 0.455 e. The van der Waals surface area contributed by atoms with Crippen LogP contribution in [0.3, 0.4) is 0 Å². The van der Waals surface area contributed by atoms with Crippen LogP contribution in [-0.4, -0.2) is 0 Å². The molecule has 0 saturated heterocycles. The molecule has 0 N–H and O–H groups in total. The lowest BCUT2D eigenvalue weighted by Gasteiger charge is -2.29. The second-order valence-electron chi connectivity index (χ2n) is 16.1. The number of rotatable bonds is 7.